The van der Waals surface area contributed by atoms with E-state index in [1.807, 2.05) is 24.3 Å². The lowest BCUT2D eigenvalue weighted by molar-refractivity contribution is 0.290. The summed E-state index contributed by atoms with van der Waals surface area (Å²) >= 11 is 0. The van der Waals surface area contributed by atoms with E-state index in [2.05, 4.69) is 97.8 Å². The van der Waals surface area contributed by atoms with E-state index in [0.717, 1.165) is 73.5 Å². The number of rotatable bonds is 14. The molecule has 5 N–H and O–H groups in total. The average Bonchev–Trinajstić information content (AvgIpc) is 3.15. The van der Waals surface area contributed by atoms with E-state index in [-0.39, 0.29) is 6.61 Å². The summed E-state index contributed by atoms with van der Waals surface area (Å²) in [6.45, 7) is 8.10. The Morgan fingerprint density at radius 3 is 1.44 bits per heavy atom. The van der Waals surface area contributed by atoms with E-state index in [9.17, 15) is 0 Å². The molecule has 0 fully saturated rings. The first-order valence-electron chi connectivity index (χ1n) is 16.9. The third kappa shape index (κ3) is 13.5. The van der Waals surface area contributed by atoms with Crippen LogP contribution in [0.2, 0.25) is 0 Å². The molecule has 2 aromatic heterocycles. The lowest BCUT2D eigenvalue weighted by Gasteiger charge is -2.10. The van der Waals surface area contributed by atoms with Gasteiger partial charge in [0.1, 0.15) is 11.6 Å². The fourth-order valence-electron chi connectivity index (χ4n) is 4.09. The molecule has 0 bridgehead atoms. The fraction of sp³-hybridized carbons (Fsp3) is 0.333. The van der Waals surface area contributed by atoms with Crippen molar-refractivity contribution in [3.05, 3.63) is 83.2 Å². The molecular weight excluding hydrogens is 624 g/mol. The molecule has 50 heavy (non-hydrogen) atoms. The fourth-order valence-corrected chi connectivity index (χ4v) is 4.09. The third-order valence-electron chi connectivity index (χ3n) is 6.76. The van der Waals surface area contributed by atoms with Crippen LogP contribution in [0.15, 0.2) is 60.9 Å². The van der Waals surface area contributed by atoms with Gasteiger partial charge in [0, 0.05) is 43.9 Å². The van der Waals surface area contributed by atoms with Gasteiger partial charge in [-0.3, -0.25) is 0 Å². The van der Waals surface area contributed by atoms with Crippen LogP contribution in [0.1, 0.15) is 88.0 Å². The van der Waals surface area contributed by atoms with Crippen LogP contribution in [0.3, 0.4) is 0 Å². The third-order valence-corrected chi connectivity index (χ3v) is 6.76. The molecular formula is C39H44N10O. The first-order chi connectivity index (χ1) is 24.5. The number of nitrogens with one attached hydrogen (secondary N) is 4. The van der Waals surface area contributed by atoms with Gasteiger partial charge in [-0.1, -0.05) is 50.9 Å². The molecule has 0 aliphatic carbocycles. The second-order valence-corrected chi connectivity index (χ2v) is 10.9. The number of aromatic nitrogens is 4. The summed E-state index contributed by atoms with van der Waals surface area (Å²) in [5, 5.41) is 39.4. The van der Waals surface area contributed by atoms with Gasteiger partial charge in [0.2, 0.25) is 11.9 Å². The summed E-state index contributed by atoms with van der Waals surface area (Å²) in [5.41, 5.74) is 4.41. The molecule has 0 atom stereocenters. The van der Waals surface area contributed by atoms with Crippen LogP contribution in [0.4, 0.5) is 34.9 Å². The Bertz CT molecular complexity index is 1700. The number of hydrogen-bond donors (Lipinski definition) is 5. The van der Waals surface area contributed by atoms with Crippen LogP contribution < -0.4 is 21.3 Å². The second kappa shape index (κ2) is 22.4. The molecule has 0 spiro atoms. The minimum atomic E-state index is 0.138. The molecule has 0 amide bonds. The van der Waals surface area contributed by atoms with Gasteiger partial charge in [-0.15, -0.1) is 0 Å². The van der Waals surface area contributed by atoms with Crippen LogP contribution in [-0.2, 0) is 0 Å². The Balaban J connectivity index is 0.000000270. The van der Waals surface area contributed by atoms with E-state index >= 15 is 0 Å². The minimum Gasteiger partial charge on any atom is -0.396 e. The summed E-state index contributed by atoms with van der Waals surface area (Å²) < 4.78 is 0. The molecule has 0 aliphatic rings. The predicted molar refractivity (Wildman–Crippen MR) is 200 cm³/mol. The van der Waals surface area contributed by atoms with Crippen molar-refractivity contribution in [3.8, 4) is 35.8 Å². The predicted octanol–water partition coefficient (Wildman–Crippen LogP) is 7.49. The number of unbranched alkanes of at least 4 members (excludes halogenated alkanes) is 3. The minimum absolute atomic E-state index is 0.138. The van der Waals surface area contributed by atoms with E-state index in [4.69, 9.17) is 15.6 Å². The summed E-state index contributed by atoms with van der Waals surface area (Å²) in [6, 6.07) is 18.5. The SMILES string of the molecule is CCCCC#Cc1cnc(Nc2ccc(C#N)cc2)nc1NCCC.CCCNc1nc(Nc2ccc(C#N)cc2)ncc1C#CCCCO. The van der Waals surface area contributed by atoms with Gasteiger partial charge in [-0.2, -0.15) is 20.5 Å². The van der Waals surface area contributed by atoms with E-state index in [1.54, 1.807) is 36.7 Å². The van der Waals surface area contributed by atoms with E-state index < -0.39 is 0 Å². The second-order valence-electron chi connectivity index (χ2n) is 10.9. The number of anilines is 6. The number of aliphatic hydroxyl groups is 1. The van der Waals surface area contributed by atoms with Crippen molar-refractivity contribution in [3.63, 3.8) is 0 Å². The summed E-state index contributed by atoms with van der Waals surface area (Å²) in [6.07, 6.45) is 9.82. The number of benzene rings is 2. The van der Waals surface area contributed by atoms with Gasteiger partial charge in [0.05, 0.1) is 46.8 Å². The monoisotopic (exact) mass is 668 g/mol. The maximum atomic E-state index is 8.86. The van der Waals surface area contributed by atoms with Gasteiger partial charge < -0.3 is 26.4 Å². The number of hydrogen-bond acceptors (Lipinski definition) is 11. The Morgan fingerprint density at radius 1 is 0.620 bits per heavy atom. The lowest BCUT2D eigenvalue weighted by atomic mass is 10.2. The standard InChI is InChI=1S/C20H23N5.C19H21N5O/c1-3-5-6-7-8-17-15-23-20(25-19(17)22-13-4-2)24-18-11-9-16(14-21)10-12-18;1-2-11-21-18-16(6-4-3-5-12-25)14-22-19(24-18)23-17-9-7-15(13-20)8-10-17/h9-12,15H,3-6,13H2,1-2H3,(H2,22,23,24,25);7-10,14,25H,2-3,5,11-12H2,1H3,(H2,21,22,23,24). The van der Waals surface area contributed by atoms with Crippen molar-refractivity contribution in [1.82, 2.24) is 19.9 Å². The molecule has 256 valence electrons. The summed E-state index contributed by atoms with van der Waals surface area (Å²) in [7, 11) is 0. The van der Waals surface area contributed by atoms with Crippen molar-refractivity contribution in [1.29, 1.82) is 10.5 Å². The quantitative estimate of drug-likeness (QED) is 0.0667. The number of aliphatic hydroxyl groups excluding tert-OH is 1. The highest BCUT2D eigenvalue weighted by molar-refractivity contribution is 5.61. The van der Waals surface area contributed by atoms with Crippen molar-refractivity contribution >= 4 is 34.9 Å². The lowest BCUT2D eigenvalue weighted by Crippen LogP contribution is -2.07. The average molecular weight is 669 g/mol. The molecule has 0 saturated heterocycles. The highest BCUT2D eigenvalue weighted by atomic mass is 16.2. The number of nitrogens with zero attached hydrogens (tertiary/aromatic N) is 6. The molecule has 11 heteroatoms. The molecule has 0 saturated carbocycles. The molecule has 2 aromatic carbocycles. The van der Waals surface area contributed by atoms with Gasteiger partial charge in [-0.25, -0.2) is 9.97 Å². The van der Waals surface area contributed by atoms with Crippen LogP contribution in [-0.4, -0.2) is 44.7 Å². The van der Waals surface area contributed by atoms with Gasteiger partial charge in [-0.05, 0) is 74.2 Å². The van der Waals surface area contributed by atoms with Gasteiger partial charge >= 0.3 is 0 Å². The van der Waals surface area contributed by atoms with Gasteiger partial charge in [0.15, 0.2) is 0 Å². The van der Waals surface area contributed by atoms with Gasteiger partial charge in [0.25, 0.3) is 0 Å². The zero-order valence-corrected chi connectivity index (χ0v) is 29.0. The maximum Gasteiger partial charge on any atom is 0.229 e. The normalized spacial score (nSPS) is 9.64. The Labute approximate surface area is 295 Å². The Kier molecular flexibility index (Phi) is 17.2. The van der Waals surface area contributed by atoms with Crippen LogP contribution in [0.25, 0.3) is 0 Å². The zero-order valence-electron chi connectivity index (χ0n) is 29.0. The molecule has 0 unspecified atom stereocenters. The summed E-state index contributed by atoms with van der Waals surface area (Å²) in [4.78, 5) is 17.7. The smallest absolute Gasteiger partial charge is 0.229 e. The van der Waals surface area contributed by atoms with Crippen LogP contribution in [0, 0.1) is 46.3 Å². The van der Waals surface area contributed by atoms with E-state index in [0.29, 0.717) is 41.7 Å². The first-order valence-corrected chi connectivity index (χ1v) is 16.9. The molecule has 0 radical (unpaired) electrons. The molecule has 4 rings (SSSR count). The molecule has 11 nitrogen and oxygen atoms in total. The Morgan fingerprint density at radius 2 is 1.06 bits per heavy atom. The zero-order chi connectivity index (χ0) is 35.8. The summed E-state index contributed by atoms with van der Waals surface area (Å²) in [5.74, 6) is 14.8. The van der Waals surface area contributed by atoms with Crippen LogP contribution >= 0.6 is 0 Å². The van der Waals surface area contributed by atoms with Crippen molar-refractivity contribution in [2.75, 3.05) is 41.0 Å². The topological polar surface area (TPSA) is 167 Å². The van der Waals surface area contributed by atoms with Crippen molar-refractivity contribution in [2.45, 2.75) is 65.7 Å². The first kappa shape index (κ1) is 38.3. The van der Waals surface area contributed by atoms with Crippen molar-refractivity contribution in [2.24, 2.45) is 0 Å². The highest BCUT2D eigenvalue weighted by Crippen LogP contribution is 2.19. The van der Waals surface area contributed by atoms with E-state index in [1.165, 1.54) is 0 Å². The molecule has 0 aliphatic heterocycles. The molecule has 2 heterocycles. The highest BCUT2D eigenvalue weighted by Gasteiger charge is 2.07. The number of nitriles is 2. The maximum absolute atomic E-state index is 8.86. The Hall–Kier alpha value is -6.14. The largest absolute Gasteiger partial charge is 0.396 e. The molecule has 4 aromatic rings. The van der Waals surface area contributed by atoms with Crippen LogP contribution in [0.5, 0.6) is 0 Å². The van der Waals surface area contributed by atoms with Crippen molar-refractivity contribution < 1.29 is 5.11 Å².